The minimum atomic E-state index is 0.0802. The van der Waals surface area contributed by atoms with Crippen LogP contribution in [-0.2, 0) is 17.8 Å². The second-order valence-corrected chi connectivity index (χ2v) is 8.11. The smallest absolute Gasteiger partial charge is 0.237 e. The van der Waals surface area contributed by atoms with E-state index in [1.54, 1.807) is 13.2 Å². The van der Waals surface area contributed by atoms with Gasteiger partial charge in [0, 0.05) is 23.8 Å². The normalized spacial score (nSPS) is 15.1. The number of nitrogens with zero attached hydrogens (tertiary/aromatic N) is 4. The van der Waals surface area contributed by atoms with Crippen molar-refractivity contribution in [2.45, 2.75) is 31.1 Å². The van der Waals surface area contributed by atoms with Crippen molar-refractivity contribution in [1.29, 1.82) is 0 Å². The van der Waals surface area contributed by atoms with Gasteiger partial charge in [-0.3, -0.25) is 9.36 Å². The Hall–Kier alpha value is -3.06. The van der Waals surface area contributed by atoms with Gasteiger partial charge in [0.15, 0.2) is 11.0 Å². The highest BCUT2D eigenvalue weighted by atomic mass is 32.2. The third-order valence-electron chi connectivity index (χ3n) is 5.18. The molecule has 1 aliphatic heterocycles. The number of carbonyl (C=O) groups is 1. The van der Waals surface area contributed by atoms with Crippen molar-refractivity contribution in [2.75, 3.05) is 17.8 Å². The summed E-state index contributed by atoms with van der Waals surface area (Å²) in [4.78, 5) is 14.9. The van der Waals surface area contributed by atoms with E-state index in [4.69, 9.17) is 4.74 Å². The van der Waals surface area contributed by atoms with Crippen molar-refractivity contribution >= 4 is 23.4 Å². The van der Waals surface area contributed by atoms with E-state index in [9.17, 15) is 4.79 Å². The Morgan fingerprint density at radius 2 is 2.00 bits per heavy atom. The Balaban J connectivity index is 1.53. The Bertz CT molecular complexity index is 1060. The van der Waals surface area contributed by atoms with E-state index in [0.29, 0.717) is 17.5 Å². The van der Waals surface area contributed by atoms with Crippen LogP contribution in [0.15, 0.2) is 66.3 Å². The molecule has 0 spiro atoms. The summed E-state index contributed by atoms with van der Waals surface area (Å²) in [6.07, 6.45) is 2.70. The molecule has 1 amide bonds. The topological polar surface area (TPSA) is 60.2 Å². The summed E-state index contributed by atoms with van der Waals surface area (Å²) in [5, 5.41) is 9.41. The first-order valence-corrected chi connectivity index (χ1v) is 10.8. The molecule has 4 rings (SSSR count). The average Bonchev–Trinajstić information content (AvgIpc) is 3.32. The first-order valence-electron chi connectivity index (χ1n) is 9.83. The van der Waals surface area contributed by atoms with Gasteiger partial charge >= 0.3 is 0 Å². The molecule has 1 aromatic heterocycles. The van der Waals surface area contributed by atoms with Crippen LogP contribution in [0.3, 0.4) is 0 Å². The van der Waals surface area contributed by atoms with Crippen LogP contribution in [-0.4, -0.2) is 39.6 Å². The lowest BCUT2D eigenvalue weighted by Gasteiger charge is -2.22. The van der Waals surface area contributed by atoms with Gasteiger partial charge in [-0.15, -0.1) is 16.8 Å². The van der Waals surface area contributed by atoms with E-state index in [-0.39, 0.29) is 11.9 Å². The van der Waals surface area contributed by atoms with Crippen molar-refractivity contribution in [3.8, 4) is 17.1 Å². The van der Waals surface area contributed by atoms with Gasteiger partial charge in [0.25, 0.3) is 0 Å². The molecule has 154 valence electrons. The molecule has 2 aromatic carbocycles. The van der Waals surface area contributed by atoms with E-state index in [1.165, 1.54) is 17.3 Å². The number of hydrogen-bond donors (Lipinski definition) is 0. The predicted octanol–water partition coefficient (Wildman–Crippen LogP) is 4.21. The number of rotatable bonds is 7. The number of para-hydroxylation sites is 1. The van der Waals surface area contributed by atoms with Crippen LogP contribution in [0, 0.1) is 0 Å². The van der Waals surface area contributed by atoms with E-state index in [0.717, 1.165) is 29.2 Å². The number of anilines is 1. The lowest BCUT2D eigenvalue weighted by Crippen LogP contribution is -2.37. The summed E-state index contributed by atoms with van der Waals surface area (Å²) in [6.45, 7) is 6.50. The molecule has 1 aliphatic rings. The highest BCUT2D eigenvalue weighted by Crippen LogP contribution is 2.33. The molecule has 1 atom stereocenters. The van der Waals surface area contributed by atoms with Gasteiger partial charge in [-0.25, -0.2) is 0 Å². The zero-order valence-electron chi connectivity index (χ0n) is 17.1. The second kappa shape index (κ2) is 8.75. The van der Waals surface area contributed by atoms with Crippen LogP contribution in [0.5, 0.6) is 5.75 Å². The molecule has 0 N–H and O–H groups in total. The molecule has 0 fully saturated rings. The lowest BCUT2D eigenvalue weighted by atomic mass is 10.1. The summed E-state index contributed by atoms with van der Waals surface area (Å²) < 4.78 is 7.21. The number of aromatic nitrogens is 3. The Morgan fingerprint density at radius 1 is 1.23 bits per heavy atom. The molecular formula is C23H24N4O2S. The standard InChI is InChI=1S/C23H24N4O2S/c1-4-13-26-22(17-9-11-19(29-3)12-10-17)24-25-23(26)30-15-21(28)27-16(2)14-18-7-5-6-8-20(18)27/h4-12,16H,1,13-15H2,2-3H3/t16-/m1/s1. The fourth-order valence-electron chi connectivity index (χ4n) is 3.78. The van der Waals surface area contributed by atoms with Crippen molar-refractivity contribution in [3.05, 3.63) is 66.7 Å². The third kappa shape index (κ3) is 3.85. The summed E-state index contributed by atoms with van der Waals surface area (Å²) in [5.41, 5.74) is 3.17. The SMILES string of the molecule is C=CCn1c(SCC(=O)N2c3ccccc3C[C@H]2C)nnc1-c1ccc(OC)cc1. The van der Waals surface area contributed by atoms with E-state index in [2.05, 4.69) is 29.8 Å². The van der Waals surface area contributed by atoms with Crippen LogP contribution in [0.2, 0.25) is 0 Å². The fraction of sp³-hybridized carbons (Fsp3) is 0.261. The first-order chi connectivity index (χ1) is 14.6. The molecule has 3 aromatic rings. The van der Waals surface area contributed by atoms with Gasteiger partial charge in [-0.2, -0.15) is 0 Å². The summed E-state index contributed by atoms with van der Waals surface area (Å²) >= 11 is 1.41. The molecule has 6 nitrogen and oxygen atoms in total. The minimum Gasteiger partial charge on any atom is -0.497 e. The molecule has 0 unspecified atom stereocenters. The Morgan fingerprint density at radius 3 is 2.73 bits per heavy atom. The number of carbonyl (C=O) groups excluding carboxylic acids is 1. The Labute approximate surface area is 180 Å². The number of fused-ring (bicyclic) bond motifs is 1. The van der Waals surface area contributed by atoms with Gasteiger partial charge in [0.05, 0.1) is 12.9 Å². The maximum atomic E-state index is 13.0. The highest BCUT2D eigenvalue weighted by Gasteiger charge is 2.30. The summed E-state index contributed by atoms with van der Waals surface area (Å²) in [7, 11) is 1.64. The fourth-order valence-corrected chi connectivity index (χ4v) is 4.59. The van der Waals surface area contributed by atoms with Crippen molar-refractivity contribution in [3.63, 3.8) is 0 Å². The van der Waals surface area contributed by atoms with Crippen molar-refractivity contribution in [2.24, 2.45) is 0 Å². The van der Waals surface area contributed by atoms with Gasteiger partial charge in [0.2, 0.25) is 5.91 Å². The molecule has 0 radical (unpaired) electrons. The maximum absolute atomic E-state index is 13.0. The number of allylic oxidation sites excluding steroid dienone is 1. The summed E-state index contributed by atoms with van der Waals surface area (Å²) in [5.74, 6) is 1.91. The minimum absolute atomic E-state index is 0.0802. The van der Waals surface area contributed by atoms with E-state index >= 15 is 0 Å². The van der Waals surface area contributed by atoms with E-state index < -0.39 is 0 Å². The highest BCUT2D eigenvalue weighted by molar-refractivity contribution is 7.99. The molecule has 2 heterocycles. The first kappa shape index (κ1) is 20.2. The molecule has 0 bridgehead atoms. The summed E-state index contributed by atoms with van der Waals surface area (Å²) in [6, 6.07) is 16.0. The molecular weight excluding hydrogens is 396 g/mol. The van der Waals surface area contributed by atoms with Crippen LogP contribution in [0.1, 0.15) is 12.5 Å². The molecule has 0 saturated carbocycles. The molecule has 30 heavy (non-hydrogen) atoms. The number of benzene rings is 2. The van der Waals surface area contributed by atoms with Crippen LogP contribution < -0.4 is 9.64 Å². The van der Waals surface area contributed by atoms with Crippen LogP contribution in [0.25, 0.3) is 11.4 Å². The average molecular weight is 421 g/mol. The molecule has 7 heteroatoms. The van der Waals surface area contributed by atoms with Gasteiger partial charge < -0.3 is 9.64 Å². The number of ether oxygens (including phenoxy) is 1. The van der Waals surface area contributed by atoms with Crippen molar-refractivity contribution in [1.82, 2.24) is 14.8 Å². The Kier molecular flexibility index (Phi) is 5.90. The largest absolute Gasteiger partial charge is 0.497 e. The molecule has 0 saturated heterocycles. The van der Waals surface area contributed by atoms with Crippen LogP contribution >= 0.6 is 11.8 Å². The van der Waals surface area contributed by atoms with Gasteiger partial charge in [0.1, 0.15) is 5.75 Å². The quantitative estimate of drug-likeness (QED) is 0.423. The lowest BCUT2D eigenvalue weighted by molar-refractivity contribution is -0.116. The number of hydrogen-bond acceptors (Lipinski definition) is 5. The van der Waals surface area contributed by atoms with Crippen molar-refractivity contribution < 1.29 is 9.53 Å². The van der Waals surface area contributed by atoms with E-state index in [1.807, 2.05) is 51.9 Å². The predicted molar refractivity (Wildman–Crippen MR) is 120 cm³/mol. The zero-order chi connectivity index (χ0) is 21.1. The third-order valence-corrected chi connectivity index (χ3v) is 6.13. The zero-order valence-corrected chi connectivity index (χ0v) is 17.9. The monoisotopic (exact) mass is 420 g/mol. The second-order valence-electron chi connectivity index (χ2n) is 7.17. The number of thioether (sulfide) groups is 1. The number of amides is 1. The van der Waals surface area contributed by atoms with Gasteiger partial charge in [-0.1, -0.05) is 36.0 Å². The van der Waals surface area contributed by atoms with Gasteiger partial charge in [-0.05, 0) is 49.2 Å². The van der Waals surface area contributed by atoms with Crippen LogP contribution in [0.4, 0.5) is 5.69 Å². The molecule has 0 aliphatic carbocycles. The number of methoxy groups -OCH3 is 1. The maximum Gasteiger partial charge on any atom is 0.237 e.